The molecular formula is C17H23NO3. The second-order valence-corrected chi connectivity index (χ2v) is 5.52. The molecular weight excluding hydrogens is 266 g/mol. The van der Waals surface area contributed by atoms with E-state index in [1.54, 1.807) is 0 Å². The molecule has 1 atom stereocenters. The van der Waals surface area contributed by atoms with Gasteiger partial charge in [-0.25, -0.2) is 0 Å². The Morgan fingerprint density at radius 3 is 2.71 bits per heavy atom. The van der Waals surface area contributed by atoms with Crippen molar-refractivity contribution in [1.29, 1.82) is 0 Å². The molecule has 1 N–H and O–H groups in total. The van der Waals surface area contributed by atoms with E-state index in [0.29, 0.717) is 6.61 Å². The molecule has 2 aromatic rings. The Kier molecular flexibility index (Phi) is 4.29. The summed E-state index contributed by atoms with van der Waals surface area (Å²) in [6, 6.07) is 10.3. The summed E-state index contributed by atoms with van der Waals surface area (Å²) in [4.78, 5) is 0. The highest BCUT2D eigenvalue weighted by molar-refractivity contribution is 5.77. The predicted octanol–water partition coefficient (Wildman–Crippen LogP) is 3.28. The lowest BCUT2D eigenvalue weighted by atomic mass is 9.84. The number of nitrogens with one attached hydrogen (secondary N) is 1. The highest BCUT2D eigenvalue weighted by atomic mass is 16.5. The van der Waals surface area contributed by atoms with E-state index in [1.807, 2.05) is 32.2 Å². The number of hydrogen-bond donors (Lipinski definition) is 1. The number of para-hydroxylation sites is 1. The lowest BCUT2D eigenvalue weighted by Crippen LogP contribution is -2.49. The Morgan fingerprint density at radius 2 is 2.05 bits per heavy atom. The van der Waals surface area contributed by atoms with E-state index in [-0.39, 0.29) is 11.6 Å². The molecule has 1 saturated heterocycles. The summed E-state index contributed by atoms with van der Waals surface area (Å²) in [5.41, 5.74) is 0.668. The van der Waals surface area contributed by atoms with Gasteiger partial charge < -0.3 is 19.2 Å². The third-order valence-corrected chi connectivity index (χ3v) is 4.31. The van der Waals surface area contributed by atoms with Crippen molar-refractivity contribution in [1.82, 2.24) is 5.32 Å². The van der Waals surface area contributed by atoms with Gasteiger partial charge in [0, 0.05) is 38.0 Å². The number of ether oxygens (including phenoxy) is 2. The van der Waals surface area contributed by atoms with Crippen LogP contribution in [0.1, 0.15) is 31.6 Å². The zero-order chi connectivity index (χ0) is 14.7. The zero-order valence-electron chi connectivity index (χ0n) is 12.7. The number of hydrogen-bond acceptors (Lipinski definition) is 4. The van der Waals surface area contributed by atoms with E-state index in [1.165, 1.54) is 0 Å². The summed E-state index contributed by atoms with van der Waals surface area (Å²) in [6.07, 6.45) is 1.76. The first-order valence-electron chi connectivity index (χ1n) is 7.66. The van der Waals surface area contributed by atoms with Crippen molar-refractivity contribution in [3.05, 3.63) is 36.1 Å². The molecule has 0 amide bonds. The maximum atomic E-state index is 6.17. The molecule has 0 radical (unpaired) electrons. The molecule has 114 valence electrons. The first-order valence-corrected chi connectivity index (χ1v) is 7.66. The lowest BCUT2D eigenvalue weighted by Gasteiger charge is -2.42. The summed E-state index contributed by atoms with van der Waals surface area (Å²) in [7, 11) is 1.97. The molecule has 1 fully saturated rings. The molecule has 1 aromatic carbocycles. The quantitative estimate of drug-likeness (QED) is 0.917. The van der Waals surface area contributed by atoms with E-state index in [4.69, 9.17) is 13.9 Å². The summed E-state index contributed by atoms with van der Waals surface area (Å²) in [5, 5.41) is 4.53. The van der Waals surface area contributed by atoms with E-state index in [2.05, 4.69) is 17.4 Å². The first-order chi connectivity index (χ1) is 10.3. The van der Waals surface area contributed by atoms with Gasteiger partial charge in [-0.1, -0.05) is 18.2 Å². The average molecular weight is 289 g/mol. The van der Waals surface area contributed by atoms with E-state index in [0.717, 1.165) is 42.8 Å². The molecule has 1 aliphatic rings. The summed E-state index contributed by atoms with van der Waals surface area (Å²) >= 11 is 0. The fourth-order valence-electron chi connectivity index (χ4n) is 3.33. The fourth-order valence-corrected chi connectivity index (χ4v) is 3.33. The number of likely N-dealkylation sites (N-methyl/N-ethyl adjacent to an activating group) is 1. The van der Waals surface area contributed by atoms with Gasteiger partial charge >= 0.3 is 0 Å². The standard InChI is InChI=1S/C17H23NO3/c1-3-20-17(8-10-19-11-9-17)16(18-2)15-12-13-6-4-5-7-14(13)21-15/h4-7,12,16,18H,3,8-11H2,1-2H3. The molecule has 4 heteroatoms. The summed E-state index contributed by atoms with van der Waals surface area (Å²) in [6.45, 7) is 4.21. The molecule has 0 aliphatic carbocycles. The highest BCUT2D eigenvalue weighted by Gasteiger charge is 2.43. The second kappa shape index (κ2) is 6.18. The van der Waals surface area contributed by atoms with Gasteiger partial charge in [0.25, 0.3) is 0 Å². The largest absolute Gasteiger partial charge is 0.459 e. The number of furan rings is 1. The number of rotatable bonds is 5. The second-order valence-electron chi connectivity index (χ2n) is 5.52. The van der Waals surface area contributed by atoms with Crippen LogP contribution < -0.4 is 5.32 Å². The molecule has 0 spiro atoms. The number of benzene rings is 1. The van der Waals surface area contributed by atoms with Crippen molar-refractivity contribution in [3.8, 4) is 0 Å². The van der Waals surface area contributed by atoms with Gasteiger partial charge in [0.2, 0.25) is 0 Å². The van der Waals surface area contributed by atoms with Gasteiger partial charge in [-0.05, 0) is 26.1 Å². The molecule has 3 rings (SSSR count). The van der Waals surface area contributed by atoms with E-state index in [9.17, 15) is 0 Å². The van der Waals surface area contributed by atoms with Gasteiger partial charge in [-0.3, -0.25) is 0 Å². The Bertz CT molecular complexity index is 548. The lowest BCUT2D eigenvalue weighted by molar-refractivity contribution is -0.129. The van der Waals surface area contributed by atoms with Gasteiger partial charge in [0.15, 0.2) is 0 Å². The van der Waals surface area contributed by atoms with E-state index < -0.39 is 0 Å². The van der Waals surface area contributed by atoms with Crippen molar-refractivity contribution in [2.75, 3.05) is 26.9 Å². The summed E-state index contributed by atoms with van der Waals surface area (Å²) in [5.74, 6) is 0.939. The third-order valence-electron chi connectivity index (χ3n) is 4.31. The predicted molar refractivity (Wildman–Crippen MR) is 82.4 cm³/mol. The molecule has 21 heavy (non-hydrogen) atoms. The van der Waals surface area contributed by atoms with Gasteiger partial charge in [0.05, 0.1) is 11.6 Å². The van der Waals surface area contributed by atoms with Crippen LogP contribution >= 0.6 is 0 Å². The van der Waals surface area contributed by atoms with Gasteiger partial charge in [-0.15, -0.1) is 0 Å². The molecule has 0 bridgehead atoms. The fraction of sp³-hybridized carbons (Fsp3) is 0.529. The van der Waals surface area contributed by atoms with Crippen LogP contribution in [0.2, 0.25) is 0 Å². The Hall–Kier alpha value is -1.36. The highest BCUT2D eigenvalue weighted by Crippen LogP contribution is 2.39. The van der Waals surface area contributed by atoms with Crippen LogP contribution in [0.25, 0.3) is 11.0 Å². The van der Waals surface area contributed by atoms with Crippen LogP contribution in [0.15, 0.2) is 34.7 Å². The van der Waals surface area contributed by atoms with Crippen LogP contribution in [0.4, 0.5) is 0 Å². The van der Waals surface area contributed by atoms with Crippen LogP contribution in [0.5, 0.6) is 0 Å². The Morgan fingerprint density at radius 1 is 1.29 bits per heavy atom. The maximum Gasteiger partial charge on any atom is 0.134 e. The molecule has 1 unspecified atom stereocenters. The topological polar surface area (TPSA) is 43.6 Å². The van der Waals surface area contributed by atoms with Crippen LogP contribution in [-0.2, 0) is 9.47 Å². The van der Waals surface area contributed by atoms with Crippen LogP contribution in [-0.4, -0.2) is 32.5 Å². The normalized spacial score (nSPS) is 19.7. The van der Waals surface area contributed by atoms with Crippen LogP contribution in [0.3, 0.4) is 0 Å². The van der Waals surface area contributed by atoms with E-state index >= 15 is 0 Å². The average Bonchev–Trinajstić information content (AvgIpc) is 2.92. The zero-order valence-corrected chi connectivity index (χ0v) is 12.7. The minimum absolute atomic E-state index is 0.0359. The van der Waals surface area contributed by atoms with Crippen LogP contribution in [0, 0.1) is 0 Å². The minimum Gasteiger partial charge on any atom is -0.459 e. The smallest absolute Gasteiger partial charge is 0.134 e. The molecule has 2 heterocycles. The SMILES string of the molecule is CCOC1(C(NC)c2cc3ccccc3o2)CCOCC1. The number of fused-ring (bicyclic) bond motifs is 1. The Balaban J connectivity index is 1.98. The van der Waals surface area contributed by atoms with Gasteiger partial charge in [-0.2, -0.15) is 0 Å². The molecule has 4 nitrogen and oxygen atoms in total. The maximum absolute atomic E-state index is 6.17. The third kappa shape index (κ3) is 2.71. The van der Waals surface area contributed by atoms with Crippen molar-refractivity contribution >= 4 is 11.0 Å². The molecule has 1 aromatic heterocycles. The first kappa shape index (κ1) is 14.6. The van der Waals surface area contributed by atoms with Crippen molar-refractivity contribution in [2.45, 2.75) is 31.4 Å². The van der Waals surface area contributed by atoms with Gasteiger partial charge in [0.1, 0.15) is 11.3 Å². The van der Waals surface area contributed by atoms with Crippen molar-refractivity contribution < 1.29 is 13.9 Å². The molecule has 0 saturated carbocycles. The summed E-state index contributed by atoms with van der Waals surface area (Å²) < 4.78 is 17.8. The van der Waals surface area contributed by atoms with Crippen molar-refractivity contribution in [3.63, 3.8) is 0 Å². The minimum atomic E-state index is -0.254. The molecule has 1 aliphatic heterocycles. The van der Waals surface area contributed by atoms with Crippen molar-refractivity contribution in [2.24, 2.45) is 0 Å². The Labute approximate surface area is 125 Å². The monoisotopic (exact) mass is 289 g/mol.